The van der Waals surface area contributed by atoms with Gasteiger partial charge in [-0.2, -0.15) is 5.10 Å². The van der Waals surface area contributed by atoms with Crippen LogP contribution in [0.4, 0.5) is 0 Å². The summed E-state index contributed by atoms with van der Waals surface area (Å²) in [4.78, 5) is 4.71. The van der Waals surface area contributed by atoms with Crippen LogP contribution in [-0.4, -0.2) is 19.3 Å². The van der Waals surface area contributed by atoms with Crippen molar-refractivity contribution in [2.24, 2.45) is 0 Å². The second-order valence-corrected chi connectivity index (χ2v) is 12.1. The third-order valence-electron chi connectivity index (χ3n) is 8.72. The largest absolute Gasteiger partial charge is 0.457 e. The molecule has 4 aromatic carbocycles. The molecule has 3 aromatic heterocycles. The minimum absolute atomic E-state index is 0.503. The van der Waals surface area contributed by atoms with Gasteiger partial charge < -0.3 is 4.74 Å². The molecule has 0 aliphatic heterocycles. The van der Waals surface area contributed by atoms with Crippen LogP contribution in [0.2, 0.25) is 0 Å². The minimum atomic E-state index is 0.503. The topological polar surface area (TPSA) is 44.9 Å². The highest BCUT2D eigenvalue weighted by atomic mass is 16.5. The predicted molar refractivity (Wildman–Crippen MR) is 185 cm³/mol. The number of para-hydroxylation sites is 1. The lowest BCUT2D eigenvalue weighted by Gasteiger charge is -2.16. The molecule has 0 aliphatic rings. The van der Waals surface area contributed by atoms with Crippen molar-refractivity contribution < 1.29 is 4.74 Å². The molecule has 0 fully saturated rings. The lowest BCUT2D eigenvalue weighted by atomic mass is 9.88. The summed E-state index contributed by atoms with van der Waals surface area (Å²) >= 11 is 0. The van der Waals surface area contributed by atoms with E-state index >= 15 is 0 Å². The number of aromatic nitrogens is 4. The maximum absolute atomic E-state index is 6.48. The van der Waals surface area contributed by atoms with Gasteiger partial charge in [-0.3, -0.25) is 4.57 Å². The molecule has 5 nitrogen and oxygen atoms in total. The molecule has 5 heteroatoms. The Morgan fingerprint density at radius 2 is 1.51 bits per heavy atom. The normalized spacial score (nSPS) is 11.6. The molecular weight excluding hydrogens is 552 g/mol. The van der Waals surface area contributed by atoms with Crippen molar-refractivity contribution in [3.05, 3.63) is 132 Å². The van der Waals surface area contributed by atoms with Gasteiger partial charge in [0.05, 0.1) is 22.9 Å². The van der Waals surface area contributed by atoms with Crippen LogP contribution in [-0.2, 0) is 12.8 Å². The lowest BCUT2D eigenvalue weighted by molar-refractivity contribution is 0.483. The van der Waals surface area contributed by atoms with Gasteiger partial charge in [0.15, 0.2) is 0 Å². The predicted octanol–water partition coefficient (Wildman–Crippen LogP) is 10.4. The zero-order valence-electron chi connectivity index (χ0n) is 26.6. The average molecular weight is 591 g/mol. The first-order chi connectivity index (χ1) is 21.9. The van der Waals surface area contributed by atoms with E-state index in [4.69, 9.17) is 14.8 Å². The summed E-state index contributed by atoms with van der Waals surface area (Å²) in [5, 5.41) is 7.14. The molecule has 0 aliphatic carbocycles. The smallest absolute Gasteiger partial charge is 0.137 e. The summed E-state index contributed by atoms with van der Waals surface area (Å²) in [6.07, 6.45) is 7.97. The van der Waals surface area contributed by atoms with Crippen LogP contribution in [0.1, 0.15) is 55.9 Å². The molecule has 0 spiro atoms. The van der Waals surface area contributed by atoms with Crippen molar-refractivity contribution in [2.75, 3.05) is 0 Å². The van der Waals surface area contributed by atoms with E-state index in [1.807, 2.05) is 47.4 Å². The highest BCUT2D eigenvalue weighted by Gasteiger charge is 2.16. The van der Waals surface area contributed by atoms with Gasteiger partial charge in [0, 0.05) is 40.9 Å². The molecular formula is C40H38N4O. The molecule has 224 valence electrons. The molecule has 0 N–H and O–H groups in total. The van der Waals surface area contributed by atoms with Crippen LogP contribution in [0.15, 0.2) is 110 Å². The Labute approximate surface area is 264 Å². The number of hydrogen-bond acceptors (Lipinski definition) is 3. The Balaban J connectivity index is 1.24. The highest BCUT2D eigenvalue weighted by Crippen LogP contribution is 2.36. The van der Waals surface area contributed by atoms with Gasteiger partial charge in [-0.25, -0.2) is 9.67 Å². The third-order valence-corrected chi connectivity index (χ3v) is 8.72. The van der Waals surface area contributed by atoms with E-state index in [9.17, 15) is 0 Å². The molecule has 0 bridgehead atoms. The monoisotopic (exact) mass is 590 g/mol. The van der Waals surface area contributed by atoms with Crippen LogP contribution >= 0.6 is 0 Å². The maximum atomic E-state index is 6.48. The molecule has 0 saturated carbocycles. The van der Waals surface area contributed by atoms with Crippen molar-refractivity contribution in [1.82, 2.24) is 19.3 Å². The SMILES string of the molecule is CCc1cc(C(C)C)cc(CC)c1-c1cnn(-c2cccc(Oc3ccc4c5ccccc5n(-c5cc(C)ccn5)c4c3)c2)c1. The number of pyridine rings is 1. The number of rotatable bonds is 8. The van der Waals surface area contributed by atoms with Crippen molar-refractivity contribution in [2.45, 2.75) is 53.4 Å². The zero-order valence-corrected chi connectivity index (χ0v) is 26.6. The number of ether oxygens (including phenoxy) is 1. The first-order valence-corrected chi connectivity index (χ1v) is 15.9. The molecule has 0 amide bonds. The van der Waals surface area contributed by atoms with E-state index in [0.717, 1.165) is 52.4 Å². The number of fused-ring (bicyclic) bond motifs is 3. The Morgan fingerprint density at radius 1 is 0.756 bits per heavy atom. The van der Waals surface area contributed by atoms with Crippen molar-refractivity contribution in [3.63, 3.8) is 0 Å². The van der Waals surface area contributed by atoms with E-state index in [1.54, 1.807) is 0 Å². The molecule has 3 heterocycles. The lowest BCUT2D eigenvalue weighted by Crippen LogP contribution is -1.99. The molecule has 45 heavy (non-hydrogen) atoms. The van der Waals surface area contributed by atoms with Crippen LogP contribution in [0.5, 0.6) is 11.5 Å². The van der Waals surface area contributed by atoms with Gasteiger partial charge in [-0.1, -0.05) is 64.1 Å². The Morgan fingerprint density at radius 3 is 2.27 bits per heavy atom. The molecule has 0 unspecified atom stereocenters. The first-order valence-electron chi connectivity index (χ1n) is 15.9. The standard InChI is InChI=1S/C40H38N4O/c1-6-28-20-30(26(3)4)21-29(7-2)40(28)31-24-42-43(25-31)32-11-10-12-33(22-32)45-34-15-16-36-35-13-8-9-14-37(35)44(38(36)23-34)39-19-27(5)17-18-41-39/h8-26H,6-7H2,1-5H3. The quantitative estimate of drug-likeness (QED) is 0.177. The van der Waals surface area contributed by atoms with E-state index in [0.29, 0.717) is 5.92 Å². The molecule has 0 atom stereocenters. The third kappa shape index (κ3) is 5.29. The number of aryl methyl sites for hydroxylation is 3. The Hall–Kier alpha value is -5.16. The number of hydrogen-bond donors (Lipinski definition) is 0. The maximum Gasteiger partial charge on any atom is 0.137 e. The van der Waals surface area contributed by atoms with Crippen LogP contribution < -0.4 is 4.74 Å². The summed E-state index contributed by atoms with van der Waals surface area (Å²) in [7, 11) is 0. The van der Waals surface area contributed by atoms with Gasteiger partial charge in [-0.15, -0.1) is 0 Å². The summed E-state index contributed by atoms with van der Waals surface area (Å²) in [5.41, 5.74) is 10.9. The summed E-state index contributed by atoms with van der Waals surface area (Å²) in [6, 6.07) is 31.8. The minimum Gasteiger partial charge on any atom is -0.457 e. The number of benzene rings is 4. The zero-order chi connectivity index (χ0) is 31.1. The summed E-state index contributed by atoms with van der Waals surface area (Å²) in [6.45, 7) is 11.1. The van der Waals surface area contributed by atoms with Crippen molar-refractivity contribution >= 4 is 21.8 Å². The molecule has 7 aromatic rings. The van der Waals surface area contributed by atoms with Gasteiger partial charge in [0.2, 0.25) is 0 Å². The fraction of sp³-hybridized carbons (Fsp3) is 0.200. The Kier molecular flexibility index (Phi) is 7.46. The van der Waals surface area contributed by atoms with Gasteiger partial charge in [0.1, 0.15) is 17.3 Å². The van der Waals surface area contributed by atoms with Crippen LogP contribution in [0.25, 0.3) is 44.4 Å². The van der Waals surface area contributed by atoms with E-state index in [2.05, 4.69) is 106 Å². The first kappa shape index (κ1) is 28.6. The number of nitrogens with zero attached hydrogens (tertiary/aromatic N) is 4. The second-order valence-electron chi connectivity index (χ2n) is 12.1. The van der Waals surface area contributed by atoms with Gasteiger partial charge in [0.25, 0.3) is 0 Å². The van der Waals surface area contributed by atoms with Crippen LogP contribution in [0, 0.1) is 6.92 Å². The highest BCUT2D eigenvalue weighted by molar-refractivity contribution is 6.09. The molecule has 7 rings (SSSR count). The van der Waals surface area contributed by atoms with Crippen LogP contribution in [0.3, 0.4) is 0 Å². The van der Waals surface area contributed by atoms with Crippen molar-refractivity contribution in [3.8, 4) is 34.1 Å². The van der Waals surface area contributed by atoms with E-state index < -0.39 is 0 Å². The average Bonchev–Trinajstić information content (AvgIpc) is 3.67. The second kappa shape index (κ2) is 11.7. The fourth-order valence-electron chi connectivity index (χ4n) is 6.38. The molecule has 0 radical (unpaired) electrons. The van der Waals surface area contributed by atoms with E-state index in [-0.39, 0.29) is 0 Å². The van der Waals surface area contributed by atoms with Crippen molar-refractivity contribution in [1.29, 1.82) is 0 Å². The van der Waals surface area contributed by atoms with Gasteiger partial charge in [-0.05, 0) is 96.0 Å². The summed E-state index contributed by atoms with van der Waals surface area (Å²) in [5.74, 6) is 2.92. The summed E-state index contributed by atoms with van der Waals surface area (Å²) < 4.78 is 10.6. The fourth-order valence-corrected chi connectivity index (χ4v) is 6.38. The molecule has 0 saturated heterocycles. The van der Waals surface area contributed by atoms with E-state index in [1.165, 1.54) is 38.6 Å². The Bertz CT molecular complexity index is 2140. The van der Waals surface area contributed by atoms with Gasteiger partial charge >= 0.3 is 0 Å².